The van der Waals surface area contributed by atoms with Crippen LogP contribution in [0.4, 0.5) is 11.4 Å². The second-order valence-electron chi connectivity index (χ2n) is 9.44. The van der Waals surface area contributed by atoms with Gasteiger partial charge in [-0.1, -0.05) is 79.8 Å². The minimum Gasteiger partial charge on any atom is -0.426 e. The van der Waals surface area contributed by atoms with Crippen LogP contribution in [-0.2, 0) is 4.79 Å². The molecule has 0 aliphatic carbocycles. The molecule has 7 nitrogen and oxygen atoms in total. The van der Waals surface area contributed by atoms with Crippen molar-refractivity contribution in [1.82, 2.24) is 0 Å². The van der Waals surface area contributed by atoms with Crippen LogP contribution < -0.4 is 10.5 Å². The lowest BCUT2D eigenvalue weighted by Crippen LogP contribution is -2.10. The van der Waals surface area contributed by atoms with E-state index in [0.29, 0.717) is 23.4 Å². The second kappa shape index (κ2) is 20.9. The first-order valence-corrected chi connectivity index (χ1v) is 14.5. The summed E-state index contributed by atoms with van der Waals surface area (Å²) >= 11 is 0. The molecule has 0 aromatic heterocycles. The summed E-state index contributed by atoms with van der Waals surface area (Å²) in [7, 11) is 0. The van der Waals surface area contributed by atoms with Gasteiger partial charge in [-0.05, 0) is 87.9 Å². The Bertz CT molecular complexity index is 1390. The predicted octanol–water partition coefficient (Wildman–Crippen LogP) is 9.40. The number of ketones is 1. The van der Waals surface area contributed by atoms with Gasteiger partial charge in [0, 0.05) is 5.56 Å². The zero-order valence-electron chi connectivity index (χ0n) is 25.0. The molecule has 0 aliphatic rings. The number of hydrogen-bond donors (Lipinski definition) is 1. The first-order valence-electron chi connectivity index (χ1n) is 14.5. The Hall–Kier alpha value is -4.91. The molecule has 43 heavy (non-hydrogen) atoms. The zero-order valence-corrected chi connectivity index (χ0v) is 25.0. The molecule has 0 bridgehead atoms. The molecule has 2 rings (SSSR count). The van der Waals surface area contributed by atoms with E-state index in [1.54, 1.807) is 36.4 Å². The van der Waals surface area contributed by atoms with Crippen molar-refractivity contribution in [3.63, 3.8) is 0 Å². The average Bonchev–Trinajstić information content (AvgIpc) is 3.00. The van der Waals surface area contributed by atoms with Gasteiger partial charge < -0.3 is 10.5 Å². The highest BCUT2D eigenvalue weighted by atomic mass is 16.5. The monoisotopic (exact) mass is 579 g/mol. The van der Waals surface area contributed by atoms with E-state index in [1.165, 1.54) is 19.1 Å². The van der Waals surface area contributed by atoms with Crippen LogP contribution in [0.1, 0.15) is 79.5 Å². The van der Waals surface area contributed by atoms with Crippen molar-refractivity contribution in [3.05, 3.63) is 127 Å². The van der Waals surface area contributed by atoms with Crippen LogP contribution in [0.25, 0.3) is 0 Å². The fourth-order valence-electron chi connectivity index (χ4n) is 3.62. The van der Waals surface area contributed by atoms with E-state index < -0.39 is 11.9 Å². The number of esters is 1. The number of ether oxygens (including phenoxy) is 1. The van der Waals surface area contributed by atoms with Gasteiger partial charge in [0.2, 0.25) is 5.91 Å². The van der Waals surface area contributed by atoms with E-state index in [-0.39, 0.29) is 23.5 Å². The van der Waals surface area contributed by atoms with Crippen molar-refractivity contribution in [1.29, 1.82) is 0 Å². The summed E-state index contributed by atoms with van der Waals surface area (Å²) in [5, 5.41) is 8.24. The van der Waals surface area contributed by atoms with Crippen molar-refractivity contribution >= 4 is 29.0 Å². The Morgan fingerprint density at radius 2 is 1.14 bits per heavy atom. The average molecular weight is 580 g/mol. The highest BCUT2D eigenvalue weighted by molar-refractivity contribution is 5.98. The van der Waals surface area contributed by atoms with Gasteiger partial charge in [0.25, 0.3) is 0 Å². The Labute approximate surface area is 254 Å². The third kappa shape index (κ3) is 15.0. The summed E-state index contributed by atoms with van der Waals surface area (Å²) in [6.45, 7) is 3.53. The first kappa shape index (κ1) is 34.3. The van der Waals surface area contributed by atoms with Gasteiger partial charge in [0.1, 0.15) is 5.75 Å². The van der Waals surface area contributed by atoms with Crippen molar-refractivity contribution in [2.45, 2.75) is 58.8 Å². The van der Waals surface area contributed by atoms with E-state index >= 15 is 0 Å². The molecule has 7 heteroatoms. The number of rotatable bonds is 18. The molecule has 0 saturated heterocycles. The fourth-order valence-corrected chi connectivity index (χ4v) is 3.62. The molecule has 2 aromatic rings. The fraction of sp³-hybridized carbons (Fsp3) is 0.250. The van der Waals surface area contributed by atoms with Crippen molar-refractivity contribution in [3.8, 4) is 5.75 Å². The maximum atomic E-state index is 12.3. The summed E-state index contributed by atoms with van der Waals surface area (Å²) in [4.78, 5) is 35.7. The zero-order chi connectivity index (χ0) is 31.1. The number of carbonyl (C=O) groups is 3. The van der Waals surface area contributed by atoms with Gasteiger partial charge in [-0.15, -0.1) is 0 Å². The summed E-state index contributed by atoms with van der Waals surface area (Å²) < 4.78 is 5.43. The summed E-state index contributed by atoms with van der Waals surface area (Å²) in [6.07, 6.45) is 30.8. The molecule has 0 unspecified atom stereocenters. The highest BCUT2D eigenvalue weighted by Gasteiger charge is 2.13. The SMILES string of the molecule is CCC=CCC=CCC=CCC=CCC=CCC=CCC(=O)Oc1ccc(N=Nc2ccc(C(N)=O)cc2)cc1C(C)=O. The van der Waals surface area contributed by atoms with Gasteiger partial charge in [-0.3, -0.25) is 14.4 Å². The molecular formula is C36H41N3O4. The molecule has 0 heterocycles. The van der Waals surface area contributed by atoms with E-state index in [0.717, 1.165) is 32.1 Å². The molecule has 0 aliphatic heterocycles. The molecule has 0 atom stereocenters. The molecule has 0 radical (unpaired) electrons. The summed E-state index contributed by atoms with van der Waals surface area (Å²) in [6, 6.07) is 11.0. The number of carbonyl (C=O) groups excluding carboxylic acids is 3. The van der Waals surface area contributed by atoms with Crippen LogP contribution >= 0.6 is 0 Å². The van der Waals surface area contributed by atoms with E-state index in [9.17, 15) is 14.4 Å². The number of nitrogens with two attached hydrogens (primary N) is 1. The third-order valence-electron chi connectivity index (χ3n) is 5.88. The molecule has 2 aromatic carbocycles. The molecule has 1 amide bonds. The molecule has 2 N–H and O–H groups in total. The van der Waals surface area contributed by atoms with Crippen LogP contribution in [0.5, 0.6) is 5.75 Å². The number of allylic oxidation sites excluding steroid dienone is 11. The smallest absolute Gasteiger partial charge is 0.315 e. The maximum absolute atomic E-state index is 12.3. The Balaban J connectivity index is 1.72. The Morgan fingerprint density at radius 3 is 1.63 bits per heavy atom. The standard InChI is InChI=1S/C36H41N3O4/c1-3-4-5-6-7-8-9-10-11-12-13-14-15-16-17-18-19-20-21-35(41)43-34-27-26-32(28-33(34)29(2)40)39-38-31-24-22-30(23-25-31)36(37)42/h4-5,7-8,10-11,13-14,16-17,19-20,22-28H,3,6,9,12,15,18,21H2,1-2H3,(H2,37,42). The number of Topliss-reactive ketones (excluding diaryl/α,β-unsaturated/α-hetero) is 1. The van der Waals surface area contributed by atoms with E-state index in [4.69, 9.17) is 10.5 Å². The quantitative estimate of drug-likeness (QED) is 0.0623. The van der Waals surface area contributed by atoms with Crippen molar-refractivity contribution < 1.29 is 19.1 Å². The van der Waals surface area contributed by atoms with Gasteiger partial charge in [0.05, 0.1) is 23.4 Å². The number of azo groups is 1. The van der Waals surface area contributed by atoms with Gasteiger partial charge in [-0.25, -0.2) is 0 Å². The number of benzene rings is 2. The topological polar surface area (TPSA) is 111 Å². The molecule has 0 fully saturated rings. The van der Waals surface area contributed by atoms with E-state index in [2.05, 4.69) is 71.8 Å². The second-order valence-corrected chi connectivity index (χ2v) is 9.44. The lowest BCUT2D eigenvalue weighted by atomic mass is 10.1. The van der Waals surface area contributed by atoms with Crippen LogP contribution in [0.3, 0.4) is 0 Å². The van der Waals surface area contributed by atoms with Gasteiger partial charge in [0.15, 0.2) is 5.78 Å². The minimum atomic E-state index is -0.527. The van der Waals surface area contributed by atoms with Crippen molar-refractivity contribution in [2.24, 2.45) is 16.0 Å². The van der Waals surface area contributed by atoms with Crippen LogP contribution in [0, 0.1) is 0 Å². The van der Waals surface area contributed by atoms with Crippen LogP contribution in [0.15, 0.2) is 126 Å². The van der Waals surface area contributed by atoms with Gasteiger partial charge >= 0.3 is 5.97 Å². The largest absolute Gasteiger partial charge is 0.426 e. The number of nitrogens with zero attached hydrogens (tertiary/aromatic N) is 2. The Morgan fingerprint density at radius 1 is 0.674 bits per heavy atom. The van der Waals surface area contributed by atoms with Crippen LogP contribution in [-0.4, -0.2) is 17.7 Å². The molecular weight excluding hydrogens is 538 g/mol. The first-order chi connectivity index (χ1) is 20.9. The minimum absolute atomic E-state index is 0.0881. The molecule has 0 saturated carbocycles. The maximum Gasteiger partial charge on any atom is 0.315 e. The molecule has 224 valence electrons. The normalized spacial score (nSPS) is 12.3. The third-order valence-corrected chi connectivity index (χ3v) is 5.88. The Kier molecular flexibility index (Phi) is 16.7. The lowest BCUT2D eigenvalue weighted by Gasteiger charge is -2.08. The van der Waals surface area contributed by atoms with Crippen LogP contribution in [0.2, 0.25) is 0 Å². The van der Waals surface area contributed by atoms with Crippen molar-refractivity contribution in [2.75, 3.05) is 0 Å². The number of amides is 1. The summed E-state index contributed by atoms with van der Waals surface area (Å²) in [5.74, 6) is -1.08. The molecule has 0 spiro atoms. The number of hydrogen-bond acceptors (Lipinski definition) is 6. The van der Waals surface area contributed by atoms with E-state index in [1.807, 2.05) is 12.2 Å². The van der Waals surface area contributed by atoms with Gasteiger partial charge in [-0.2, -0.15) is 10.2 Å². The summed E-state index contributed by atoms with van der Waals surface area (Å²) in [5.41, 5.74) is 6.77. The highest BCUT2D eigenvalue weighted by Crippen LogP contribution is 2.27. The predicted molar refractivity (Wildman–Crippen MR) is 174 cm³/mol. The number of primary amides is 1. The lowest BCUT2D eigenvalue weighted by molar-refractivity contribution is -0.133.